The van der Waals surface area contributed by atoms with E-state index < -0.39 is 23.4 Å². The first-order valence-corrected chi connectivity index (χ1v) is 10.4. The van der Waals surface area contributed by atoms with Gasteiger partial charge in [0.15, 0.2) is 5.42 Å². The van der Waals surface area contributed by atoms with Crippen molar-refractivity contribution in [3.05, 3.63) is 44.1 Å². The van der Waals surface area contributed by atoms with Crippen LogP contribution in [-0.2, 0) is 19.1 Å². The summed E-state index contributed by atoms with van der Waals surface area (Å²) >= 11 is 0. The van der Waals surface area contributed by atoms with Gasteiger partial charge in [-0.15, -0.1) is 0 Å². The maximum Gasteiger partial charge on any atom is 0.339 e. The predicted octanol–water partition coefficient (Wildman–Crippen LogP) is 1.81. The van der Waals surface area contributed by atoms with Crippen LogP contribution in [0.2, 0.25) is 0 Å². The van der Waals surface area contributed by atoms with Gasteiger partial charge >= 0.3 is 11.9 Å². The zero-order chi connectivity index (χ0) is 23.1. The van der Waals surface area contributed by atoms with Gasteiger partial charge in [-0.05, 0) is 71.7 Å². The Morgan fingerprint density at radius 3 is 2.26 bits per heavy atom. The third-order valence-electron chi connectivity index (χ3n) is 5.13. The second-order valence-corrected chi connectivity index (χ2v) is 8.68. The van der Waals surface area contributed by atoms with E-state index in [0.29, 0.717) is 16.7 Å². The fourth-order valence-electron chi connectivity index (χ4n) is 3.72. The van der Waals surface area contributed by atoms with Crippen LogP contribution in [0, 0.1) is 19.8 Å². The van der Waals surface area contributed by atoms with E-state index >= 15 is 0 Å². The quantitative estimate of drug-likeness (QED) is 0.727. The molecular formula is C24H29NO6. The maximum absolute atomic E-state index is 13.6. The minimum Gasteiger partial charge on any atom is -0.465 e. The molecule has 7 nitrogen and oxygen atoms in total. The van der Waals surface area contributed by atoms with E-state index in [9.17, 15) is 14.4 Å². The molecule has 0 radical (unpaired) electrons. The highest BCUT2D eigenvalue weighted by molar-refractivity contribution is 6.19. The van der Waals surface area contributed by atoms with Crippen LogP contribution in [0.5, 0.6) is 0 Å². The predicted molar refractivity (Wildman–Crippen MR) is 118 cm³/mol. The molecule has 0 bridgehead atoms. The SMILES string of the molecule is CCOC(=O)C1=c2oc3cc(C)c(C)cc3c(=O)c2=C(NC(C)(C)C)C1C(=O)OCC. The first-order valence-electron chi connectivity index (χ1n) is 10.4. The van der Waals surface area contributed by atoms with Crippen molar-refractivity contribution in [1.29, 1.82) is 0 Å². The number of rotatable bonds is 5. The van der Waals surface area contributed by atoms with E-state index in [2.05, 4.69) is 5.32 Å². The molecule has 1 aromatic carbocycles. The average Bonchev–Trinajstić information content (AvgIpc) is 2.96. The average molecular weight is 427 g/mol. The van der Waals surface area contributed by atoms with Crippen LogP contribution < -0.4 is 21.4 Å². The van der Waals surface area contributed by atoms with Crippen LogP contribution in [0.25, 0.3) is 22.2 Å². The summed E-state index contributed by atoms with van der Waals surface area (Å²) in [4.78, 5) is 39.5. The number of ether oxygens (including phenoxy) is 2. The monoisotopic (exact) mass is 427 g/mol. The second-order valence-electron chi connectivity index (χ2n) is 8.68. The van der Waals surface area contributed by atoms with Crippen LogP contribution in [0.4, 0.5) is 0 Å². The number of hydrogen-bond donors (Lipinski definition) is 1. The Bertz CT molecular complexity index is 1250. The number of fused-ring (bicyclic) bond motifs is 2. The van der Waals surface area contributed by atoms with Gasteiger partial charge in [-0.3, -0.25) is 9.59 Å². The number of carbonyl (C=O) groups excluding carboxylic acids is 2. The normalized spacial score (nSPS) is 15.8. The van der Waals surface area contributed by atoms with Gasteiger partial charge in [0, 0.05) is 11.2 Å². The van der Waals surface area contributed by atoms with Gasteiger partial charge < -0.3 is 19.2 Å². The molecule has 2 aromatic rings. The molecule has 0 amide bonds. The van der Waals surface area contributed by atoms with Gasteiger partial charge in [-0.25, -0.2) is 4.79 Å². The standard InChI is InChI=1S/C24H29NO6/c1-8-29-22(27)16-17(23(28)30-9-2)21-18(19(16)25-24(5,6)7)20(26)14-10-12(3)13(4)11-15(14)31-21/h10-11,16,25H,8-9H2,1-7H3. The molecule has 166 valence electrons. The molecule has 0 aliphatic heterocycles. The van der Waals surface area contributed by atoms with Gasteiger partial charge in [0.1, 0.15) is 17.1 Å². The van der Waals surface area contributed by atoms with Crippen molar-refractivity contribution >= 4 is 34.2 Å². The summed E-state index contributed by atoms with van der Waals surface area (Å²) in [5.41, 5.74) is 1.80. The molecule has 0 saturated heterocycles. The van der Waals surface area contributed by atoms with E-state index in [1.165, 1.54) is 0 Å². The first-order chi connectivity index (χ1) is 14.5. The fraction of sp³-hybridized carbons (Fsp3) is 0.458. The van der Waals surface area contributed by atoms with Crippen molar-refractivity contribution in [2.24, 2.45) is 5.92 Å². The molecule has 3 rings (SSSR count). The Morgan fingerprint density at radius 1 is 1.06 bits per heavy atom. The van der Waals surface area contributed by atoms with Crippen molar-refractivity contribution in [3.63, 3.8) is 0 Å². The third kappa shape index (κ3) is 4.09. The van der Waals surface area contributed by atoms with E-state index in [0.717, 1.165) is 11.1 Å². The highest BCUT2D eigenvalue weighted by Gasteiger charge is 2.42. The third-order valence-corrected chi connectivity index (χ3v) is 5.13. The van der Waals surface area contributed by atoms with Crippen LogP contribution in [0.15, 0.2) is 21.3 Å². The van der Waals surface area contributed by atoms with E-state index in [1.54, 1.807) is 26.0 Å². The lowest BCUT2D eigenvalue weighted by atomic mass is 9.97. The highest BCUT2D eigenvalue weighted by Crippen LogP contribution is 2.27. The Balaban J connectivity index is 2.53. The van der Waals surface area contributed by atoms with Gasteiger partial charge in [0.25, 0.3) is 0 Å². The van der Waals surface area contributed by atoms with Gasteiger partial charge in [0.2, 0.25) is 5.43 Å². The number of carbonyl (C=O) groups is 2. The minimum absolute atomic E-state index is 0.0146. The van der Waals surface area contributed by atoms with Gasteiger partial charge in [0.05, 0.1) is 23.8 Å². The molecule has 0 saturated carbocycles. The van der Waals surface area contributed by atoms with Crippen LogP contribution >= 0.6 is 0 Å². The number of esters is 2. The smallest absolute Gasteiger partial charge is 0.339 e. The summed E-state index contributed by atoms with van der Waals surface area (Å²) in [7, 11) is 0. The minimum atomic E-state index is -1.14. The molecule has 1 aliphatic carbocycles. The Kier molecular flexibility index (Phi) is 5.98. The topological polar surface area (TPSA) is 94.8 Å². The van der Waals surface area contributed by atoms with Crippen molar-refractivity contribution in [2.75, 3.05) is 13.2 Å². The summed E-state index contributed by atoms with van der Waals surface area (Å²) in [6.45, 7) is 13.1. The lowest BCUT2D eigenvalue weighted by Gasteiger charge is -2.26. The lowest BCUT2D eigenvalue weighted by Crippen LogP contribution is -2.46. The van der Waals surface area contributed by atoms with Crippen molar-refractivity contribution in [1.82, 2.24) is 5.32 Å². The molecule has 1 N–H and O–H groups in total. The zero-order valence-corrected chi connectivity index (χ0v) is 19.1. The lowest BCUT2D eigenvalue weighted by molar-refractivity contribution is -0.146. The van der Waals surface area contributed by atoms with Crippen LogP contribution in [0.1, 0.15) is 45.7 Å². The summed E-state index contributed by atoms with van der Waals surface area (Å²) in [5.74, 6) is -2.48. The zero-order valence-electron chi connectivity index (χ0n) is 19.1. The summed E-state index contributed by atoms with van der Waals surface area (Å²) in [6, 6.07) is 3.54. The van der Waals surface area contributed by atoms with Crippen LogP contribution in [0.3, 0.4) is 0 Å². The molecule has 1 atom stereocenters. The number of benzene rings is 1. The van der Waals surface area contributed by atoms with E-state index in [4.69, 9.17) is 13.9 Å². The number of hydrogen-bond acceptors (Lipinski definition) is 7. The van der Waals surface area contributed by atoms with Crippen molar-refractivity contribution in [3.8, 4) is 0 Å². The molecule has 0 spiro atoms. The summed E-state index contributed by atoms with van der Waals surface area (Å²) in [6.07, 6.45) is 0. The number of nitrogens with one attached hydrogen (secondary N) is 1. The van der Waals surface area contributed by atoms with E-state index in [1.807, 2.05) is 34.6 Å². The molecule has 1 heterocycles. The fourth-order valence-corrected chi connectivity index (χ4v) is 3.72. The largest absolute Gasteiger partial charge is 0.465 e. The molecule has 1 aromatic heterocycles. The van der Waals surface area contributed by atoms with E-state index in [-0.39, 0.29) is 34.8 Å². The highest BCUT2D eigenvalue weighted by atomic mass is 16.5. The molecular weight excluding hydrogens is 398 g/mol. The first kappa shape index (κ1) is 22.6. The van der Waals surface area contributed by atoms with Crippen molar-refractivity contribution in [2.45, 2.75) is 54.0 Å². The Labute approximate surface area is 180 Å². The van der Waals surface area contributed by atoms with Gasteiger partial charge in [-0.2, -0.15) is 0 Å². The Hall–Kier alpha value is -3.09. The molecule has 7 heteroatoms. The second kappa shape index (κ2) is 8.21. The molecule has 1 aliphatic rings. The summed E-state index contributed by atoms with van der Waals surface area (Å²) in [5, 5.41) is 3.81. The van der Waals surface area contributed by atoms with Crippen molar-refractivity contribution < 1.29 is 23.5 Å². The summed E-state index contributed by atoms with van der Waals surface area (Å²) < 4.78 is 16.6. The molecule has 1 unspecified atom stereocenters. The molecule has 0 fully saturated rings. The Morgan fingerprint density at radius 2 is 1.68 bits per heavy atom. The van der Waals surface area contributed by atoms with Crippen LogP contribution in [-0.4, -0.2) is 30.7 Å². The number of aryl methyl sites for hydroxylation is 2. The molecule has 31 heavy (non-hydrogen) atoms. The van der Waals surface area contributed by atoms with Gasteiger partial charge in [-0.1, -0.05) is 0 Å². The maximum atomic E-state index is 13.6.